The maximum absolute atomic E-state index is 12.9. The molecule has 1 fully saturated rings. The van der Waals surface area contributed by atoms with Crippen LogP contribution in [0.3, 0.4) is 0 Å². The highest BCUT2D eigenvalue weighted by Crippen LogP contribution is 2.27. The van der Waals surface area contributed by atoms with Gasteiger partial charge in [0.15, 0.2) is 5.16 Å². The van der Waals surface area contributed by atoms with E-state index in [0.29, 0.717) is 6.04 Å². The molecule has 2 aromatic rings. The predicted molar refractivity (Wildman–Crippen MR) is 103 cm³/mol. The van der Waals surface area contributed by atoms with Gasteiger partial charge in [0.2, 0.25) is 5.91 Å². The molecule has 5 nitrogen and oxygen atoms in total. The van der Waals surface area contributed by atoms with Gasteiger partial charge in [-0.2, -0.15) is 0 Å². The molecule has 2 unspecified atom stereocenters. The molecular formula is C18H26N4OS2. The molecule has 3 heterocycles. The van der Waals surface area contributed by atoms with Gasteiger partial charge in [-0.3, -0.25) is 4.79 Å². The van der Waals surface area contributed by atoms with Crippen molar-refractivity contribution in [3.05, 3.63) is 28.2 Å². The van der Waals surface area contributed by atoms with E-state index in [2.05, 4.69) is 39.5 Å². The number of hydrogen-bond donors (Lipinski definition) is 0. The number of likely N-dealkylation sites (tertiary alicyclic amines) is 1. The van der Waals surface area contributed by atoms with Crippen LogP contribution in [0.25, 0.3) is 0 Å². The lowest BCUT2D eigenvalue weighted by Crippen LogP contribution is -2.46. The van der Waals surface area contributed by atoms with Gasteiger partial charge in [0.1, 0.15) is 5.82 Å². The van der Waals surface area contributed by atoms with Crippen LogP contribution < -0.4 is 0 Å². The van der Waals surface area contributed by atoms with Crippen LogP contribution >= 0.6 is 23.1 Å². The third-order valence-corrected chi connectivity index (χ3v) is 6.85. The van der Waals surface area contributed by atoms with E-state index < -0.39 is 0 Å². The van der Waals surface area contributed by atoms with Crippen LogP contribution in [0.1, 0.15) is 50.2 Å². The fraction of sp³-hybridized carbons (Fsp3) is 0.611. The highest BCUT2D eigenvalue weighted by molar-refractivity contribution is 8.00. The van der Waals surface area contributed by atoms with E-state index >= 15 is 0 Å². The van der Waals surface area contributed by atoms with E-state index in [4.69, 9.17) is 0 Å². The lowest BCUT2D eigenvalue weighted by Gasteiger charge is -2.36. The number of nitrogens with zero attached hydrogens (tertiary/aromatic N) is 4. The molecule has 0 bridgehead atoms. The van der Waals surface area contributed by atoms with Crippen LogP contribution in [0.2, 0.25) is 0 Å². The average molecular weight is 379 g/mol. The number of carbonyl (C=O) groups is 1. The summed E-state index contributed by atoms with van der Waals surface area (Å²) in [7, 11) is 1.98. The molecule has 2 aromatic heterocycles. The number of hydrogen-bond acceptors (Lipinski definition) is 5. The minimum Gasteiger partial charge on any atom is -0.339 e. The second kappa shape index (κ2) is 8.36. The summed E-state index contributed by atoms with van der Waals surface area (Å²) >= 11 is 3.25. The van der Waals surface area contributed by atoms with Gasteiger partial charge in [-0.1, -0.05) is 24.8 Å². The van der Waals surface area contributed by atoms with Gasteiger partial charge in [-0.25, -0.2) is 0 Å². The number of thiophene rings is 1. The van der Waals surface area contributed by atoms with E-state index in [1.165, 1.54) is 23.1 Å². The molecule has 136 valence electrons. The molecule has 3 rings (SSSR count). The van der Waals surface area contributed by atoms with Crippen molar-refractivity contribution < 1.29 is 4.79 Å². The van der Waals surface area contributed by atoms with Crippen molar-refractivity contribution in [2.24, 2.45) is 7.05 Å². The first kappa shape index (κ1) is 18.5. The zero-order valence-electron chi connectivity index (χ0n) is 15.1. The molecule has 1 saturated heterocycles. The SMILES string of the molecule is CCC1CCCCN1C(=O)C(C)Sc1nnc(Cc2cccs2)n1C. The van der Waals surface area contributed by atoms with Gasteiger partial charge in [0.25, 0.3) is 0 Å². The predicted octanol–water partition coefficient (Wildman–Crippen LogP) is 3.74. The zero-order chi connectivity index (χ0) is 17.8. The fourth-order valence-corrected chi connectivity index (χ4v) is 4.93. The van der Waals surface area contributed by atoms with Crippen molar-refractivity contribution in [3.8, 4) is 0 Å². The summed E-state index contributed by atoms with van der Waals surface area (Å²) in [4.78, 5) is 16.3. The molecule has 1 aliphatic rings. The standard InChI is InChI=1S/C18H26N4OS2/c1-4-14-8-5-6-10-22(14)17(23)13(2)25-18-20-19-16(21(18)3)12-15-9-7-11-24-15/h7,9,11,13-14H,4-6,8,10,12H2,1-3H3. The molecule has 7 heteroatoms. The van der Waals surface area contributed by atoms with Crippen molar-refractivity contribution in [2.45, 2.75) is 62.4 Å². The maximum atomic E-state index is 12.9. The highest BCUT2D eigenvalue weighted by atomic mass is 32.2. The Hall–Kier alpha value is -1.34. The molecule has 0 saturated carbocycles. The number of amides is 1. The van der Waals surface area contributed by atoms with Gasteiger partial charge in [-0.05, 0) is 44.1 Å². The molecular weight excluding hydrogens is 352 g/mol. The van der Waals surface area contributed by atoms with Crippen LogP contribution in [0, 0.1) is 0 Å². The highest BCUT2D eigenvalue weighted by Gasteiger charge is 2.30. The lowest BCUT2D eigenvalue weighted by atomic mass is 10.00. The fourth-order valence-electron chi connectivity index (χ4n) is 3.33. The van der Waals surface area contributed by atoms with Gasteiger partial charge in [-0.15, -0.1) is 21.5 Å². The van der Waals surface area contributed by atoms with Crippen molar-refractivity contribution in [1.29, 1.82) is 0 Å². The molecule has 0 N–H and O–H groups in total. The molecule has 0 radical (unpaired) electrons. The lowest BCUT2D eigenvalue weighted by molar-refractivity contribution is -0.134. The van der Waals surface area contributed by atoms with Crippen molar-refractivity contribution >= 4 is 29.0 Å². The van der Waals surface area contributed by atoms with Gasteiger partial charge >= 0.3 is 0 Å². The van der Waals surface area contributed by atoms with Crippen molar-refractivity contribution in [3.63, 3.8) is 0 Å². The Morgan fingerprint density at radius 3 is 3.00 bits per heavy atom. The first-order chi connectivity index (χ1) is 12.1. The third-order valence-electron chi connectivity index (χ3n) is 4.85. The zero-order valence-corrected chi connectivity index (χ0v) is 16.8. The topological polar surface area (TPSA) is 51.0 Å². The Bertz CT molecular complexity index is 698. The normalized spacial score (nSPS) is 19.2. The number of aromatic nitrogens is 3. The van der Waals surface area contributed by atoms with Crippen LogP contribution in [0.15, 0.2) is 22.7 Å². The summed E-state index contributed by atoms with van der Waals surface area (Å²) in [6, 6.07) is 4.56. The summed E-state index contributed by atoms with van der Waals surface area (Å²) in [5.74, 6) is 1.17. The Balaban J connectivity index is 1.65. The van der Waals surface area contributed by atoms with E-state index in [-0.39, 0.29) is 11.2 Å². The maximum Gasteiger partial charge on any atom is 0.236 e. The molecule has 25 heavy (non-hydrogen) atoms. The second-order valence-corrected chi connectivity index (χ2v) is 8.90. The number of carbonyl (C=O) groups excluding carboxylic acids is 1. The molecule has 0 aromatic carbocycles. The largest absolute Gasteiger partial charge is 0.339 e. The minimum absolute atomic E-state index is 0.135. The van der Waals surface area contributed by atoms with Crippen molar-refractivity contribution in [2.75, 3.05) is 6.54 Å². The number of thioether (sulfide) groups is 1. The van der Waals surface area contributed by atoms with Crippen LogP contribution in [0.4, 0.5) is 0 Å². The molecule has 1 amide bonds. The third kappa shape index (κ3) is 4.26. The number of piperidine rings is 1. The van der Waals surface area contributed by atoms with Crippen LogP contribution in [0.5, 0.6) is 0 Å². The minimum atomic E-state index is -0.135. The Labute approximate surface area is 157 Å². The van der Waals surface area contributed by atoms with Crippen LogP contribution in [-0.4, -0.2) is 43.4 Å². The smallest absolute Gasteiger partial charge is 0.236 e. The Morgan fingerprint density at radius 2 is 2.28 bits per heavy atom. The molecule has 1 aliphatic heterocycles. The summed E-state index contributed by atoms with van der Waals surface area (Å²) < 4.78 is 2.02. The monoisotopic (exact) mass is 378 g/mol. The Kier molecular flexibility index (Phi) is 6.17. The summed E-state index contributed by atoms with van der Waals surface area (Å²) in [6.45, 7) is 5.06. The van der Waals surface area contributed by atoms with Gasteiger partial charge in [0.05, 0.1) is 5.25 Å². The van der Waals surface area contributed by atoms with E-state index in [1.54, 1.807) is 11.3 Å². The van der Waals surface area contributed by atoms with E-state index in [0.717, 1.165) is 43.2 Å². The number of rotatable bonds is 6. The van der Waals surface area contributed by atoms with Crippen molar-refractivity contribution in [1.82, 2.24) is 19.7 Å². The summed E-state index contributed by atoms with van der Waals surface area (Å²) in [5, 5.41) is 11.4. The summed E-state index contributed by atoms with van der Waals surface area (Å²) in [6.07, 6.45) is 5.31. The van der Waals surface area contributed by atoms with E-state index in [9.17, 15) is 4.79 Å². The average Bonchev–Trinajstić information content (AvgIpc) is 3.26. The quantitative estimate of drug-likeness (QED) is 0.719. The van der Waals surface area contributed by atoms with Gasteiger partial charge in [0, 0.05) is 30.9 Å². The second-order valence-electron chi connectivity index (χ2n) is 6.56. The first-order valence-corrected chi connectivity index (χ1v) is 10.7. The summed E-state index contributed by atoms with van der Waals surface area (Å²) in [5.41, 5.74) is 0. The Morgan fingerprint density at radius 1 is 1.44 bits per heavy atom. The molecule has 0 aliphatic carbocycles. The molecule has 0 spiro atoms. The van der Waals surface area contributed by atoms with E-state index in [1.807, 2.05) is 18.5 Å². The molecule has 2 atom stereocenters. The first-order valence-electron chi connectivity index (χ1n) is 8.98. The van der Waals surface area contributed by atoms with Crippen LogP contribution in [-0.2, 0) is 18.3 Å². The van der Waals surface area contributed by atoms with Gasteiger partial charge < -0.3 is 9.47 Å².